The summed E-state index contributed by atoms with van der Waals surface area (Å²) in [7, 11) is -3.39. The van der Waals surface area contributed by atoms with Crippen molar-refractivity contribution in [3.05, 3.63) is 23.2 Å². The van der Waals surface area contributed by atoms with Gasteiger partial charge in [-0.1, -0.05) is 17.5 Å². The fraction of sp³-hybridized carbons (Fsp3) is 0.250. The Morgan fingerprint density at radius 3 is 2.75 bits per heavy atom. The van der Waals surface area contributed by atoms with Gasteiger partial charge in [-0.25, -0.2) is 8.42 Å². The maximum absolute atomic E-state index is 11.6. The Balaban J connectivity index is 2.77. The van der Waals surface area contributed by atoms with Crippen molar-refractivity contribution in [1.82, 2.24) is 5.32 Å². The molecule has 0 atom stereocenters. The van der Waals surface area contributed by atoms with Gasteiger partial charge in [0.05, 0.1) is 35.7 Å². The molecule has 0 aromatic heterocycles. The molecule has 0 bridgehead atoms. The van der Waals surface area contributed by atoms with Crippen LogP contribution in [0.2, 0.25) is 5.02 Å². The standard InChI is InChI=1S/C12H14ClN3O3S/c1-3-6-14-8-12(17)15-11-7-9(4-5-10(11)13)16-20(2,18)19/h1,4-5,7,14,16H,6,8H2,2H3,(H,15,17). The second-order valence-corrected chi connectivity index (χ2v) is 6.08. The summed E-state index contributed by atoms with van der Waals surface area (Å²) in [6.45, 7) is 0.307. The minimum Gasteiger partial charge on any atom is -0.324 e. The van der Waals surface area contributed by atoms with Crippen molar-refractivity contribution in [2.24, 2.45) is 0 Å². The van der Waals surface area contributed by atoms with Gasteiger partial charge in [-0.15, -0.1) is 6.42 Å². The van der Waals surface area contributed by atoms with E-state index in [1.54, 1.807) is 0 Å². The SMILES string of the molecule is C#CCNCC(=O)Nc1cc(NS(C)(=O)=O)ccc1Cl. The van der Waals surface area contributed by atoms with Gasteiger partial charge in [0.1, 0.15) is 0 Å². The van der Waals surface area contributed by atoms with Crippen LogP contribution in [0.4, 0.5) is 11.4 Å². The van der Waals surface area contributed by atoms with Crippen molar-refractivity contribution in [3.8, 4) is 12.3 Å². The molecule has 0 heterocycles. The first-order chi connectivity index (χ1) is 9.31. The summed E-state index contributed by atoms with van der Waals surface area (Å²) < 4.78 is 24.6. The molecular formula is C12H14ClN3O3S. The normalized spacial score (nSPS) is 10.7. The lowest BCUT2D eigenvalue weighted by Crippen LogP contribution is -2.28. The van der Waals surface area contributed by atoms with Crippen molar-refractivity contribution in [2.75, 3.05) is 29.4 Å². The third kappa shape index (κ3) is 5.93. The molecule has 0 aliphatic carbocycles. The van der Waals surface area contributed by atoms with E-state index in [2.05, 4.69) is 21.3 Å². The van der Waals surface area contributed by atoms with E-state index in [0.717, 1.165) is 6.26 Å². The number of terminal acetylenes is 1. The largest absolute Gasteiger partial charge is 0.324 e. The summed E-state index contributed by atoms with van der Waals surface area (Å²) in [5, 5.41) is 5.58. The molecule has 0 unspecified atom stereocenters. The van der Waals surface area contributed by atoms with Crippen LogP contribution in [0.5, 0.6) is 0 Å². The number of rotatable bonds is 6. The van der Waals surface area contributed by atoms with Gasteiger partial charge < -0.3 is 5.32 Å². The lowest BCUT2D eigenvalue weighted by molar-refractivity contribution is -0.115. The number of nitrogens with one attached hydrogen (secondary N) is 3. The molecule has 1 aromatic rings. The van der Waals surface area contributed by atoms with Crippen LogP contribution < -0.4 is 15.4 Å². The van der Waals surface area contributed by atoms with E-state index in [1.165, 1.54) is 18.2 Å². The van der Waals surface area contributed by atoms with Crippen LogP contribution in [0.3, 0.4) is 0 Å². The number of hydrogen-bond acceptors (Lipinski definition) is 4. The van der Waals surface area contributed by atoms with E-state index >= 15 is 0 Å². The Morgan fingerprint density at radius 1 is 1.45 bits per heavy atom. The number of carbonyl (C=O) groups is 1. The predicted octanol–water partition coefficient (Wildman–Crippen LogP) is 0.873. The fourth-order valence-electron chi connectivity index (χ4n) is 1.34. The van der Waals surface area contributed by atoms with E-state index in [-0.39, 0.29) is 19.0 Å². The number of anilines is 2. The maximum Gasteiger partial charge on any atom is 0.238 e. The molecule has 0 aliphatic heterocycles. The molecule has 6 nitrogen and oxygen atoms in total. The third-order valence-corrected chi connectivity index (χ3v) is 2.99. The van der Waals surface area contributed by atoms with E-state index in [9.17, 15) is 13.2 Å². The van der Waals surface area contributed by atoms with Crippen LogP contribution in [0.1, 0.15) is 0 Å². The van der Waals surface area contributed by atoms with Gasteiger partial charge in [0, 0.05) is 0 Å². The third-order valence-electron chi connectivity index (χ3n) is 2.06. The van der Waals surface area contributed by atoms with E-state index < -0.39 is 10.0 Å². The van der Waals surface area contributed by atoms with Crippen LogP contribution in [-0.2, 0) is 14.8 Å². The Labute approximate surface area is 122 Å². The summed E-state index contributed by atoms with van der Waals surface area (Å²) >= 11 is 5.93. The predicted molar refractivity (Wildman–Crippen MR) is 80.3 cm³/mol. The zero-order valence-electron chi connectivity index (χ0n) is 10.7. The highest BCUT2D eigenvalue weighted by Crippen LogP contribution is 2.25. The lowest BCUT2D eigenvalue weighted by atomic mass is 10.3. The molecule has 0 spiro atoms. The van der Waals surface area contributed by atoms with Crippen molar-refractivity contribution in [3.63, 3.8) is 0 Å². The Bertz CT molecular complexity index is 638. The molecule has 108 valence electrons. The highest BCUT2D eigenvalue weighted by molar-refractivity contribution is 7.92. The van der Waals surface area contributed by atoms with Gasteiger partial charge in [0.15, 0.2) is 0 Å². The summed E-state index contributed by atoms with van der Waals surface area (Å²) in [5.41, 5.74) is 0.622. The Hall–Kier alpha value is -1.75. The van der Waals surface area contributed by atoms with Crippen molar-refractivity contribution in [1.29, 1.82) is 0 Å². The van der Waals surface area contributed by atoms with Crippen LogP contribution in [0, 0.1) is 12.3 Å². The first kappa shape index (κ1) is 16.3. The minimum absolute atomic E-state index is 0.0320. The number of amides is 1. The van der Waals surface area contributed by atoms with Crippen LogP contribution in [0.25, 0.3) is 0 Å². The topological polar surface area (TPSA) is 87.3 Å². The van der Waals surface area contributed by atoms with E-state index in [0.29, 0.717) is 16.4 Å². The molecule has 0 aliphatic rings. The number of sulfonamides is 1. The molecule has 0 fully saturated rings. The van der Waals surface area contributed by atoms with Gasteiger partial charge in [-0.3, -0.25) is 14.8 Å². The molecule has 0 saturated heterocycles. The first-order valence-electron chi connectivity index (χ1n) is 5.53. The van der Waals surface area contributed by atoms with Gasteiger partial charge in [-0.2, -0.15) is 0 Å². The van der Waals surface area contributed by atoms with Gasteiger partial charge in [-0.05, 0) is 18.2 Å². The summed E-state index contributed by atoms with van der Waals surface area (Å²) in [4.78, 5) is 11.6. The number of hydrogen-bond donors (Lipinski definition) is 3. The van der Waals surface area contributed by atoms with Crippen molar-refractivity contribution in [2.45, 2.75) is 0 Å². The highest BCUT2D eigenvalue weighted by Gasteiger charge is 2.08. The van der Waals surface area contributed by atoms with Gasteiger partial charge in [0.25, 0.3) is 0 Å². The smallest absolute Gasteiger partial charge is 0.238 e. The highest BCUT2D eigenvalue weighted by atomic mass is 35.5. The number of carbonyl (C=O) groups excluding carboxylic acids is 1. The molecule has 0 saturated carbocycles. The molecule has 8 heteroatoms. The quantitative estimate of drug-likeness (QED) is 0.537. The molecule has 0 radical (unpaired) electrons. The molecular weight excluding hydrogens is 302 g/mol. The van der Waals surface area contributed by atoms with Gasteiger partial charge >= 0.3 is 0 Å². The minimum atomic E-state index is -3.39. The van der Waals surface area contributed by atoms with Crippen LogP contribution in [-0.4, -0.2) is 33.7 Å². The van der Waals surface area contributed by atoms with Crippen molar-refractivity contribution >= 4 is 38.9 Å². The average Bonchev–Trinajstić information content (AvgIpc) is 2.32. The van der Waals surface area contributed by atoms with E-state index in [1.807, 2.05) is 0 Å². The second kappa shape index (κ2) is 7.14. The van der Waals surface area contributed by atoms with Crippen LogP contribution in [0.15, 0.2) is 18.2 Å². The molecule has 1 rings (SSSR count). The van der Waals surface area contributed by atoms with Crippen molar-refractivity contribution < 1.29 is 13.2 Å². The monoisotopic (exact) mass is 315 g/mol. The second-order valence-electron chi connectivity index (χ2n) is 3.92. The fourth-order valence-corrected chi connectivity index (χ4v) is 2.06. The zero-order valence-corrected chi connectivity index (χ0v) is 12.3. The summed E-state index contributed by atoms with van der Waals surface area (Å²) in [5.74, 6) is 2.00. The number of halogens is 1. The van der Waals surface area contributed by atoms with Gasteiger partial charge in [0.2, 0.25) is 15.9 Å². The molecule has 1 amide bonds. The average molecular weight is 316 g/mol. The maximum atomic E-state index is 11.6. The first-order valence-corrected chi connectivity index (χ1v) is 7.80. The van der Waals surface area contributed by atoms with E-state index in [4.69, 9.17) is 18.0 Å². The molecule has 20 heavy (non-hydrogen) atoms. The molecule has 1 aromatic carbocycles. The Kier molecular flexibility index (Phi) is 5.82. The lowest BCUT2D eigenvalue weighted by Gasteiger charge is -2.10. The summed E-state index contributed by atoms with van der Waals surface area (Å²) in [6, 6.07) is 4.41. The summed E-state index contributed by atoms with van der Waals surface area (Å²) in [6.07, 6.45) is 6.07. The zero-order chi connectivity index (χ0) is 15.2. The van der Waals surface area contributed by atoms with Crippen LogP contribution >= 0.6 is 11.6 Å². The number of benzene rings is 1. The molecule has 3 N–H and O–H groups in total. The Morgan fingerprint density at radius 2 is 2.15 bits per heavy atom.